The maximum atomic E-state index is 12.4. The molecular formula is C19H23ClN2O2. The summed E-state index contributed by atoms with van der Waals surface area (Å²) < 4.78 is 5.58. The Morgan fingerprint density at radius 2 is 2.08 bits per heavy atom. The molecule has 0 aliphatic carbocycles. The molecule has 24 heavy (non-hydrogen) atoms. The lowest BCUT2D eigenvalue weighted by Gasteiger charge is -2.18. The summed E-state index contributed by atoms with van der Waals surface area (Å²) in [6, 6.07) is 13.4. The van der Waals surface area contributed by atoms with Crippen LogP contribution in [0.25, 0.3) is 0 Å². The van der Waals surface area contributed by atoms with Gasteiger partial charge in [-0.15, -0.1) is 12.4 Å². The standard InChI is InChI=1S/C19H22N2O2.ClH/c1-2-10-23-18-5-3-4-15(12-18)19(22)21-17-7-6-14-8-9-20-13-16(14)11-17;/h3-7,11-12,20H,2,8-10,13H2,1H3,(H,21,22);1H. The summed E-state index contributed by atoms with van der Waals surface area (Å²) in [4.78, 5) is 12.4. The molecule has 0 saturated heterocycles. The maximum absolute atomic E-state index is 12.4. The lowest BCUT2D eigenvalue weighted by atomic mass is 10.0. The molecular weight excluding hydrogens is 324 g/mol. The molecule has 2 aromatic carbocycles. The van der Waals surface area contributed by atoms with Crippen LogP contribution in [0.1, 0.15) is 34.8 Å². The van der Waals surface area contributed by atoms with E-state index in [1.54, 1.807) is 12.1 Å². The second-order valence-corrected chi connectivity index (χ2v) is 5.74. The van der Waals surface area contributed by atoms with Gasteiger partial charge in [0.1, 0.15) is 5.75 Å². The molecule has 0 fully saturated rings. The largest absolute Gasteiger partial charge is 0.494 e. The van der Waals surface area contributed by atoms with Crippen molar-refractivity contribution in [3.8, 4) is 5.75 Å². The highest BCUT2D eigenvalue weighted by Gasteiger charge is 2.11. The lowest BCUT2D eigenvalue weighted by Crippen LogP contribution is -2.23. The van der Waals surface area contributed by atoms with E-state index < -0.39 is 0 Å². The predicted octanol–water partition coefficient (Wildman–Crippen LogP) is 3.80. The van der Waals surface area contributed by atoms with E-state index in [9.17, 15) is 4.79 Å². The zero-order chi connectivity index (χ0) is 16.1. The van der Waals surface area contributed by atoms with E-state index in [4.69, 9.17) is 4.74 Å². The summed E-state index contributed by atoms with van der Waals surface area (Å²) in [5, 5.41) is 6.32. The van der Waals surface area contributed by atoms with E-state index in [0.717, 1.165) is 37.4 Å². The van der Waals surface area contributed by atoms with Gasteiger partial charge in [0, 0.05) is 17.8 Å². The zero-order valence-corrected chi connectivity index (χ0v) is 14.6. The topological polar surface area (TPSA) is 50.4 Å². The summed E-state index contributed by atoms with van der Waals surface area (Å²) in [5.41, 5.74) is 4.05. The summed E-state index contributed by atoms with van der Waals surface area (Å²) in [7, 11) is 0. The van der Waals surface area contributed by atoms with Crippen LogP contribution in [0.5, 0.6) is 5.75 Å². The Morgan fingerprint density at radius 1 is 1.21 bits per heavy atom. The van der Waals surface area contributed by atoms with Crippen molar-refractivity contribution in [2.24, 2.45) is 0 Å². The van der Waals surface area contributed by atoms with Crippen LogP contribution in [0.4, 0.5) is 5.69 Å². The molecule has 0 bridgehead atoms. The first-order valence-corrected chi connectivity index (χ1v) is 8.13. The minimum Gasteiger partial charge on any atom is -0.494 e. The van der Waals surface area contributed by atoms with Gasteiger partial charge in [0.15, 0.2) is 0 Å². The third-order valence-electron chi connectivity index (χ3n) is 3.92. The van der Waals surface area contributed by atoms with E-state index in [1.165, 1.54) is 11.1 Å². The van der Waals surface area contributed by atoms with Gasteiger partial charge in [-0.3, -0.25) is 4.79 Å². The molecule has 5 heteroatoms. The van der Waals surface area contributed by atoms with E-state index in [-0.39, 0.29) is 18.3 Å². The van der Waals surface area contributed by atoms with E-state index in [0.29, 0.717) is 12.2 Å². The number of rotatable bonds is 5. The molecule has 128 valence electrons. The smallest absolute Gasteiger partial charge is 0.255 e. The first-order chi connectivity index (χ1) is 11.3. The van der Waals surface area contributed by atoms with Gasteiger partial charge in [-0.05, 0) is 60.8 Å². The van der Waals surface area contributed by atoms with Crippen LogP contribution in [-0.4, -0.2) is 19.1 Å². The number of hydrogen-bond donors (Lipinski definition) is 2. The highest BCUT2D eigenvalue weighted by atomic mass is 35.5. The van der Waals surface area contributed by atoms with Crippen molar-refractivity contribution in [3.63, 3.8) is 0 Å². The van der Waals surface area contributed by atoms with Crippen LogP contribution in [-0.2, 0) is 13.0 Å². The Labute approximate surface area is 149 Å². The molecule has 0 unspecified atom stereocenters. The van der Waals surface area contributed by atoms with Crippen LogP contribution < -0.4 is 15.4 Å². The molecule has 0 spiro atoms. The molecule has 1 aliphatic rings. The number of ether oxygens (including phenoxy) is 1. The molecule has 1 aliphatic heterocycles. The molecule has 4 nitrogen and oxygen atoms in total. The lowest BCUT2D eigenvalue weighted by molar-refractivity contribution is 0.102. The van der Waals surface area contributed by atoms with Gasteiger partial charge in [-0.2, -0.15) is 0 Å². The van der Waals surface area contributed by atoms with Crippen molar-refractivity contribution in [3.05, 3.63) is 59.2 Å². The minimum absolute atomic E-state index is 0. The van der Waals surface area contributed by atoms with Gasteiger partial charge in [0.2, 0.25) is 0 Å². The number of anilines is 1. The average molecular weight is 347 g/mol. The van der Waals surface area contributed by atoms with Crippen LogP contribution in [0, 0.1) is 0 Å². The van der Waals surface area contributed by atoms with Crippen LogP contribution in [0.3, 0.4) is 0 Å². The first-order valence-electron chi connectivity index (χ1n) is 8.13. The van der Waals surface area contributed by atoms with Gasteiger partial charge in [0.25, 0.3) is 5.91 Å². The average Bonchev–Trinajstić information content (AvgIpc) is 2.60. The van der Waals surface area contributed by atoms with Crippen molar-refractivity contribution in [2.75, 3.05) is 18.5 Å². The summed E-state index contributed by atoms with van der Waals surface area (Å²) in [6.07, 6.45) is 1.99. The fraction of sp³-hybridized carbons (Fsp3) is 0.316. The van der Waals surface area contributed by atoms with Crippen molar-refractivity contribution < 1.29 is 9.53 Å². The molecule has 1 amide bonds. The number of hydrogen-bond acceptors (Lipinski definition) is 3. The number of halogens is 1. The third kappa shape index (κ3) is 4.49. The van der Waals surface area contributed by atoms with Crippen molar-refractivity contribution in [2.45, 2.75) is 26.3 Å². The summed E-state index contributed by atoms with van der Waals surface area (Å²) >= 11 is 0. The monoisotopic (exact) mass is 346 g/mol. The highest BCUT2D eigenvalue weighted by molar-refractivity contribution is 6.04. The molecule has 2 N–H and O–H groups in total. The van der Waals surface area contributed by atoms with Crippen LogP contribution in [0.15, 0.2) is 42.5 Å². The zero-order valence-electron chi connectivity index (χ0n) is 13.8. The number of benzene rings is 2. The van der Waals surface area contributed by atoms with Crippen molar-refractivity contribution in [1.29, 1.82) is 0 Å². The number of amides is 1. The van der Waals surface area contributed by atoms with Gasteiger partial charge < -0.3 is 15.4 Å². The van der Waals surface area contributed by atoms with Crippen LogP contribution >= 0.6 is 12.4 Å². The quantitative estimate of drug-likeness (QED) is 0.865. The Kier molecular flexibility index (Phi) is 6.64. The molecule has 3 rings (SSSR count). The Balaban J connectivity index is 0.00000208. The Morgan fingerprint density at radius 3 is 2.92 bits per heavy atom. The molecule has 0 atom stereocenters. The van der Waals surface area contributed by atoms with Crippen LogP contribution in [0.2, 0.25) is 0 Å². The van der Waals surface area contributed by atoms with Crippen molar-refractivity contribution >= 4 is 24.0 Å². The van der Waals surface area contributed by atoms with E-state index in [1.807, 2.05) is 18.2 Å². The number of carbonyl (C=O) groups is 1. The second-order valence-electron chi connectivity index (χ2n) is 5.74. The third-order valence-corrected chi connectivity index (χ3v) is 3.92. The SMILES string of the molecule is CCCOc1cccc(C(=O)Nc2ccc3c(c2)CNCC3)c1.Cl. The highest BCUT2D eigenvalue weighted by Crippen LogP contribution is 2.20. The van der Waals surface area contributed by atoms with Gasteiger partial charge in [0.05, 0.1) is 6.61 Å². The normalized spacial score (nSPS) is 12.7. The summed E-state index contributed by atoms with van der Waals surface area (Å²) in [5.74, 6) is 0.616. The fourth-order valence-electron chi connectivity index (χ4n) is 2.71. The van der Waals surface area contributed by atoms with Crippen molar-refractivity contribution in [1.82, 2.24) is 5.32 Å². The van der Waals surface area contributed by atoms with E-state index >= 15 is 0 Å². The number of nitrogens with one attached hydrogen (secondary N) is 2. The molecule has 0 aromatic heterocycles. The molecule has 0 radical (unpaired) electrons. The molecule has 1 heterocycles. The Bertz CT molecular complexity index is 704. The first kappa shape index (κ1) is 18.3. The molecule has 2 aromatic rings. The Hall–Kier alpha value is -2.04. The minimum atomic E-state index is -0.115. The van der Waals surface area contributed by atoms with Gasteiger partial charge in [-0.25, -0.2) is 0 Å². The fourth-order valence-corrected chi connectivity index (χ4v) is 2.71. The maximum Gasteiger partial charge on any atom is 0.255 e. The number of fused-ring (bicyclic) bond motifs is 1. The predicted molar refractivity (Wildman–Crippen MR) is 99.3 cm³/mol. The van der Waals surface area contributed by atoms with Gasteiger partial charge >= 0.3 is 0 Å². The van der Waals surface area contributed by atoms with Gasteiger partial charge in [-0.1, -0.05) is 19.1 Å². The summed E-state index contributed by atoms with van der Waals surface area (Å²) in [6.45, 7) is 4.59. The number of carbonyl (C=O) groups excluding carboxylic acids is 1. The molecule has 0 saturated carbocycles. The second kappa shape index (κ2) is 8.71. The van der Waals surface area contributed by atoms with E-state index in [2.05, 4.69) is 29.7 Å².